The number of halogens is 6. The predicted molar refractivity (Wildman–Crippen MR) is 124 cm³/mol. The largest absolute Gasteiger partial charge is 0.416 e. The van der Waals surface area contributed by atoms with E-state index in [-0.39, 0.29) is 30.9 Å². The maximum absolute atomic E-state index is 13.6. The summed E-state index contributed by atoms with van der Waals surface area (Å²) in [4.78, 5) is 28.5. The third kappa shape index (κ3) is 5.22. The van der Waals surface area contributed by atoms with Crippen LogP contribution in [0.3, 0.4) is 0 Å². The van der Waals surface area contributed by atoms with Crippen LogP contribution in [0.2, 0.25) is 0 Å². The van der Waals surface area contributed by atoms with Gasteiger partial charge in [0.2, 0.25) is 11.8 Å². The summed E-state index contributed by atoms with van der Waals surface area (Å²) >= 11 is 0. The van der Waals surface area contributed by atoms with E-state index in [1.54, 1.807) is 6.92 Å². The minimum atomic E-state index is -5.05. The first-order valence-corrected chi connectivity index (χ1v) is 11.5. The lowest BCUT2D eigenvalue weighted by atomic mass is 9.72. The Balaban J connectivity index is 2.07. The highest BCUT2D eigenvalue weighted by Gasteiger charge is 2.55. The number of carbonyl (C=O) groups is 2. The Morgan fingerprint density at radius 2 is 1.53 bits per heavy atom. The fourth-order valence-corrected chi connectivity index (χ4v) is 5.00. The van der Waals surface area contributed by atoms with Gasteiger partial charge in [-0.3, -0.25) is 9.59 Å². The lowest BCUT2D eigenvalue weighted by Crippen LogP contribution is -2.43. The molecule has 1 heterocycles. The second-order valence-electron chi connectivity index (χ2n) is 9.89. The van der Waals surface area contributed by atoms with E-state index in [0.717, 1.165) is 11.1 Å². The lowest BCUT2D eigenvalue weighted by molar-refractivity contribution is -0.143. The third-order valence-electron chi connectivity index (χ3n) is 6.69. The van der Waals surface area contributed by atoms with Crippen molar-refractivity contribution in [2.24, 2.45) is 17.3 Å². The Kier molecular flexibility index (Phi) is 7.22. The monoisotopic (exact) mass is 514 g/mol. The number of amides is 2. The highest BCUT2D eigenvalue weighted by Crippen LogP contribution is 2.46. The fraction of sp³-hybridized carbons (Fsp3) is 0.462. The fourth-order valence-electron chi connectivity index (χ4n) is 5.00. The van der Waals surface area contributed by atoms with Crippen LogP contribution in [0.1, 0.15) is 49.4 Å². The number of hydrogen-bond acceptors (Lipinski definition) is 2. The molecular weight excluding hydrogens is 486 g/mol. The van der Waals surface area contributed by atoms with Gasteiger partial charge in [-0.15, -0.1) is 0 Å². The Labute approximate surface area is 205 Å². The van der Waals surface area contributed by atoms with Crippen molar-refractivity contribution in [1.82, 2.24) is 0 Å². The predicted octanol–water partition coefficient (Wildman–Crippen LogP) is 6.99. The van der Waals surface area contributed by atoms with Gasteiger partial charge in [-0.25, -0.2) is 0 Å². The summed E-state index contributed by atoms with van der Waals surface area (Å²) in [5, 5.41) is 2.29. The molecule has 0 unspecified atom stereocenters. The van der Waals surface area contributed by atoms with Crippen molar-refractivity contribution in [3.8, 4) is 0 Å². The molecule has 2 amide bonds. The van der Waals surface area contributed by atoms with Crippen molar-refractivity contribution >= 4 is 23.2 Å². The van der Waals surface area contributed by atoms with Gasteiger partial charge in [0.05, 0.1) is 22.5 Å². The SMILES string of the molecule is Cc1cccc(C)c1N1C[C@](CC(C)C)(C(=O)Nc2cc(C(F)(F)F)cc(C(F)(F)F)c2)[C@H](C)C1=O. The van der Waals surface area contributed by atoms with Crippen LogP contribution >= 0.6 is 0 Å². The van der Waals surface area contributed by atoms with Gasteiger partial charge in [0, 0.05) is 17.9 Å². The zero-order chi connectivity index (χ0) is 27.2. The van der Waals surface area contributed by atoms with Gasteiger partial charge in [-0.1, -0.05) is 39.0 Å². The number of carbonyl (C=O) groups excluding carboxylic acids is 2. The van der Waals surface area contributed by atoms with Crippen LogP contribution < -0.4 is 10.2 Å². The van der Waals surface area contributed by atoms with Crippen molar-refractivity contribution in [2.75, 3.05) is 16.8 Å². The van der Waals surface area contributed by atoms with Crippen LogP contribution in [0.5, 0.6) is 0 Å². The van der Waals surface area contributed by atoms with Crippen molar-refractivity contribution in [3.63, 3.8) is 0 Å². The van der Waals surface area contributed by atoms with Gasteiger partial charge in [0.1, 0.15) is 0 Å². The number of para-hydroxylation sites is 1. The summed E-state index contributed by atoms with van der Waals surface area (Å²) < 4.78 is 79.9. The van der Waals surface area contributed by atoms with Crippen molar-refractivity contribution in [2.45, 2.75) is 53.4 Å². The molecule has 2 atom stereocenters. The van der Waals surface area contributed by atoms with Crippen LogP contribution in [-0.4, -0.2) is 18.4 Å². The molecule has 10 heteroatoms. The van der Waals surface area contributed by atoms with Gasteiger partial charge < -0.3 is 10.2 Å². The molecule has 0 aromatic heterocycles. The van der Waals surface area contributed by atoms with Crippen molar-refractivity contribution < 1.29 is 35.9 Å². The molecule has 0 radical (unpaired) electrons. The zero-order valence-corrected chi connectivity index (χ0v) is 20.6. The molecule has 0 aliphatic carbocycles. The molecule has 36 heavy (non-hydrogen) atoms. The molecule has 2 aromatic rings. The molecule has 4 nitrogen and oxygen atoms in total. The Hall–Kier alpha value is -3.04. The average Bonchev–Trinajstić information content (AvgIpc) is 2.98. The van der Waals surface area contributed by atoms with Crippen molar-refractivity contribution in [3.05, 3.63) is 58.7 Å². The van der Waals surface area contributed by atoms with Crippen LogP contribution in [0.4, 0.5) is 37.7 Å². The second-order valence-corrected chi connectivity index (χ2v) is 9.89. The van der Waals surface area contributed by atoms with E-state index in [1.165, 1.54) is 4.90 Å². The van der Waals surface area contributed by atoms with Crippen LogP contribution in [0.25, 0.3) is 0 Å². The number of anilines is 2. The molecule has 1 saturated heterocycles. The van der Waals surface area contributed by atoms with Crippen LogP contribution in [0.15, 0.2) is 36.4 Å². The summed E-state index contributed by atoms with van der Waals surface area (Å²) in [6, 6.07) is 6.43. The van der Waals surface area contributed by atoms with E-state index in [4.69, 9.17) is 0 Å². The smallest absolute Gasteiger partial charge is 0.326 e. The highest BCUT2D eigenvalue weighted by atomic mass is 19.4. The minimum absolute atomic E-state index is 0.00392. The van der Waals surface area contributed by atoms with Gasteiger partial charge in [0.15, 0.2) is 0 Å². The van der Waals surface area contributed by atoms with E-state index >= 15 is 0 Å². The maximum Gasteiger partial charge on any atom is 0.416 e. The Morgan fingerprint density at radius 1 is 1.03 bits per heavy atom. The van der Waals surface area contributed by atoms with Gasteiger partial charge in [0.25, 0.3) is 0 Å². The standard InChI is InChI=1S/C26H28F6N2O2/c1-14(2)12-24(13-34(22(35)17(24)5)21-15(3)7-6-8-16(21)4)23(36)33-20-10-18(25(27,28)29)9-19(11-20)26(30,31)32/h6-11,14,17H,12-13H2,1-5H3,(H,33,36)/t17-,24+/m1/s1. The number of aryl methyl sites for hydroxylation is 2. The molecule has 1 aliphatic rings. The Bertz CT molecular complexity index is 1120. The molecule has 0 bridgehead atoms. The van der Waals surface area contributed by atoms with Crippen LogP contribution in [-0.2, 0) is 21.9 Å². The number of rotatable bonds is 5. The van der Waals surface area contributed by atoms with Gasteiger partial charge in [-0.05, 0) is 55.5 Å². The summed E-state index contributed by atoms with van der Waals surface area (Å²) in [6.45, 7) is 8.84. The van der Waals surface area contributed by atoms with E-state index in [9.17, 15) is 35.9 Å². The van der Waals surface area contributed by atoms with Gasteiger partial charge in [-0.2, -0.15) is 26.3 Å². The number of nitrogens with one attached hydrogen (secondary N) is 1. The second kappa shape index (κ2) is 9.44. The molecule has 3 rings (SSSR count). The van der Waals surface area contributed by atoms with E-state index in [2.05, 4.69) is 5.32 Å². The number of alkyl halides is 6. The summed E-state index contributed by atoms with van der Waals surface area (Å²) in [6.07, 6.45) is -9.89. The van der Waals surface area contributed by atoms with E-state index < -0.39 is 46.4 Å². The molecule has 2 aromatic carbocycles. The summed E-state index contributed by atoms with van der Waals surface area (Å²) in [5.41, 5.74) is -2.79. The quantitative estimate of drug-likeness (QED) is 0.437. The third-order valence-corrected chi connectivity index (χ3v) is 6.69. The highest BCUT2D eigenvalue weighted by molar-refractivity contribution is 6.07. The molecular formula is C26H28F6N2O2. The minimum Gasteiger partial charge on any atom is -0.326 e. The van der Waals surface area contributed by atoms with E-state index in [1.807, 2.05) is 45.9 Å². The van der Waals surface area contributed by atoms with Crippen LogP contribution in [0, 0.1) is 31.1 Å². The summed E-state index contributed by atoms with van der Waals surface area (Å²) in [5.74, 6) is -2.07. The Morgan fingerprint density at radius 3 is 1.97 bits per heavy atom. The summed E-state index contributed by atoms with van der Waals surface area (Å²) in [7, 11) is 0. The maximum atomic E-state index is 13.6. The first-order valence-electron chi connectivity index (χ1n) is 11.5. The normalized spacial score (nSPS) is 20.8. The topological polar surface area (TPSA) is 49.4 Å². The average molecular weight is 515 g/mol. The van der Waals surface area contributed by atoms with Gasteiger partial charge >= 0.3 is 12.4 Å². The molecule has 1 aliphatic heterocycles. The number of nitrogens with zero attached hydrogens (tertiary/aromatic N) is 1. The lowest BCUT2D eigenvalue weighted by Gasteiger charge is -2.32. The molecule has 1 fully saturated rings. The van der Waals surface area contributed by atoms with Crippen molar-refractivity contribution in [1.29, 1.82) is 0 Å². The zero-order valence-electron chi connectivity index (χ0n) is 20.6. The molecule has 0 saturated carbocycles. The van der Waals surface area contributed by atoms with E-state index in [0.29, 0.717) is 17.8 Å². The number of benzene rings is 2. The first kappa shape index (κ1) is 27.5. The molecule has 1 N–H and O–H groups in total. The number of hydrogen-bond donors (Lipinski definition) is 1. The first-order chi connectivity index (χ1) is 16.5. The molecule has 196 valence electrons. The molecule has 0 spiro atoms.